The largest absolute Gasteiger partial charge is 0.314 e. The SMILES string of the molecule is CNC(CC1CCCN1)c1sccc1C. The summed E-state index contributed by atoms with van der Waals surface area (Å²) in [7, 11) is 2.07. The first-order valence-corrected chi connectivity index (χ1v) is 6.64. The fourth-order valence-electron chi connectivity index (χ4n) is 2.34. The van der Waals surface area contributed by atoms with Crippen LogP contribution in [0.25, 0.3) is 0 Å². The van der Waals surface area contributed by atoms with E-state index in [1.165, 1.54) is 36.2 Å². The van der Waals surface area contributed by atoms with Gasteiger partial charge in [-0.1, -0.05) is 0 Å². The van der Waals surface area contributed by atoms with E-state index in [2.05, 4.69) is 36.1 Å². The van der Waals surface area contributed by atoms with Crippen LogP contribution in [0.3, 0.4) is 0 Å². The molecule has 84 valence electrons. The summed E-state index contributed by atoms with van der Waals surface area (Å²) in [6.07, 6.45) is 3.89. The van der Waals surface area contributed by atoms with Gasteiger partial charge in [-0.15, -0.1) is 11.3 Å². The Bertz CT molecular complexity index is 302. The zero-order chi connectivity index (χ0) is 10.7. The van der Waals surface area contributed by atoms with Gasteiger partial charge in [-0.3, -0.25) is 0 Å². The third-order valence-corrected chi connectivity index (χ3v) is 4.38. The van der Waals surface area contributed by atoms with E-state index in [4.69, 9.17) is 0 Å². The lowest BCUT2D eigenvalue weighted by Crippen LogP contribution is -2.28. The second kappa shape index (κ2) is 5.10. The minimum absolute atomic E-state index is 0.528. The van der Waals surface area contributed by atoms with E-state index in [-0.39, 0.29) is 0 Å². The van der Waals surface area contributed by atoms with E-state index < -0.39 is 0 Å². The van der Waals surface area contributed by atoms with Crippen molar-refractivity contribution in [2.45, 2.75) is 38.3 Å². The third kappa shape index (κ3) is 2.60. The number of nitrogens with one attached hydrogen (secondary N) is 2. The maximum absolute atomic E-state index is 3.57. The highest BCUT2D eigenvalue weighted by atomic mass is 32.1. The molecule has 0 amide bonds. The minimum Gasteiger partial charge on any atom is -0.314 e. The molecule has 1 fully saturated rings. The molecule has 2 heterocycles. The number of rotatable bonds is 4. The van der Waals surface area contributed by atoms with E-state index in [9.17, 15) is 0 Å². The summed E-state index contributed by atoms with van der Waals surface area (Å²) in [5.74, 6) is 0. The Hall–Kier alpha value is -0.380. The van der Waals surface area contributed by atoms with E-state index in [1.807, 2.05) is 11.3 Å². The summed E-state index contributed by atoms with van der Waals surface area (Å²) in [5, 5.41) is 9.20. The van der Waals surface area contributed by atoms with Crippen molar-refractivity contribution in [1.29, 1.82) is 0 Å². The van der Waals surface area contributed by atoms with Crippen LogP contribution in [-0.4, -0.2) is 19.6 Å². The Balaban J connectivity index is 2.00. The Morgan fingerprint density at radius 3 is 3.07 bits per heavy atom. The Kier molecular flexibility index (Phi) is 3.78. The summed E-state index contributed by atoms with van der Waals surface area (Å²) < 4.78 is 0. The molecular weight excluding hydrogens is 204 g/mol. The summed E-state index contributed by atoms with van der Waals surface area (Å²) >= 11 is 1.88. The van der Waals surface area contributed by atoms with Gasteiger partial charge >= 0.3 is 0 Å². The van der Waals surface area contributed by atoms with E-state index in [1.54, 1.807) is 0 Å². The van der Waals surface area contributed by atoms with E-state index in [0.29, 0.717) is 12.1 Å². The quantitative estimate of drug-likeness (QED) is 0.821. The molecule has 2 unspecified atom stereocenters. The smallest absolute Gasteiger partial charge is 0.0429 e. The van der Waals surface area contributed by atoms with Gasteiger partial charge in [0, 0.05) is 17.0 Å². The standard InChI is InChI=1S/C12H20N2S/c1-9-5-7-15-12(9)11(13-2)8-10-4-3-6-14-10/h5,7,10-11,13-14H,3-4,6,8H2,1-2H3. The zero-order valence-electron chi connectivity index (χ0n) is 9.55. The lowest BCUT2D eigenvalue weighted by Gasteiger charge is -2.20. The van der Waals surface area contributed by atoms with Crippen molar-refractivity contribution >= 4 is 11.3 Å². The van der Waals surface area contributed by atoms with Gasteiger partial charge in [-0.2, -0.15) is 0 Å². The molecule has 0 saturated carbocycles. The fourth-order valence-corrected chi connectivity index (χ4v) is 3.39. The van der Waals surface area contributed by atoms with Crippen LogP contribution in [0, 0.1) is 6.92 Å². The topological polar surface area (TPSA) is 24.1 Å². The molecule has 0 aliphatic carbocycles. The molecule has 3 heteroatoms. The van der Waals surface area contributed by atoms with Gasteiger partial charge < -0.3 is 10.6 Å². The van der Waals surface area contributed by atoms with Crippen molar-refractivity contribution in [3.05, 3.63) is 21.9 Å². The van der Waals surface area contributed by atoms with Crippen LogP contribution in [0.5, 0.6) is 0 Å². The van der Waals surface area contributed by atoms with Crippen LogP contribution in [0.15, 0.2) is 11.4 Å². The molecule has 1 saturated heterocycles. The molecule has 1 aromatic heterocycles. The van der Waals surface area contributed by atoms with Crippen LogP contribution in [0.4, 0.5) is 0 Å². The second-order valence-electron chi connectivity index (χ2n) is 4.34. The zero-order valence-corrected chi connectivity index (χ0v) is 10.4. The van der Waals surface area contributed by atoms with Crippen LogP contribution in [0.1, 0.15) is 35.7 Å². The highest BCUT2D eigenvalue weighted by Crippen LogP contribution is 2.28. The van der Waals surface area contributed by atoms with Gasteiger partial charge in [0.05, 0.1) is 0 Å². The van der Waals surface area contributed by atoms with Gasteiger partial charge in [0.15, 0.2) is 0 Å². The molecule has 2 nitrogen and oxygen atoms in total. The maximum atomic E-state index is 3.57. The minimum atomic E-state index is 0.528. The molecule has 1 aromatic rings. The van der Waals surface area contributed by atoms with Crippen LogP contribution < -0.4 is 10.6 Å². The molecule has 0 spiro atoms. The monoisotopic (exact) mass is 224 g/mol. The highest BCUT2D eigenvalue weighted by Gasteiger charge is 2.21. The van der Waals surface area contributed by atoms with Crippen molar-refractivity contribution in [2.75, 3.05) is 13.6 Å². The van der Waals surface area contributed by atoms with Crippen molar-refractivity contribution in [2.24, 2.45) is 0 Å². The number of thiophene rings is 1. The average molecular weight is 224 g/mol. The molecule has 15 heavy (non-hydrogen) atoms. The number of hydrogen-bond acceptors (Lipinski definition) is 3. The predicted octanol–water partition coefficient (Wildman–Crippen LogP) is 2.46. The highest BCUT2D eigenvalue weighted by molar-refractivity contribution is 7.10. The van der Waals surface area contributed by atoms with Crippen LogP contribution in [0.2, 0.25) is 0 Å². The Morgan fingerprint density at radius 1 is 1.67 bits per heavy atom. The first-order valence-electron chi connectivity index (χ1n) is 5.76. The predicted molar refractivity (Wildman–Crippen MR) is 66.5 cm³/mol. The van der Waals surface area contributed by atoms with Gasteiger partial charge in [0.2, 0.25) is 0 Å². The van der Waals surface area contributed by atoms with Crippen molar-refractivity contribution in [3.8, 4) is 0 Å². The van der Waals surface area contributed by atoms with Crippen LogP contribution >= 0.6 is 11.3 Å². The molecular formula is C12H20N2S. The van der Waals surface area contributed by atoms with Crippen molar-refractivity contribution in [3.63, 3.8) is 0 Å². The molecule has 2 atom stereocenters. The molecule has 1 aliphatic rings. The lowest BCUT2D eigenvalue weighted by atomic mass is 10.0. The average Bonchev–Trinajstić information content (AvgIpc) is 2.85. The Morgan fingerprint density at radius 2 is 2.53 bits per heavy atom. The third-order valence-electron chi connectivity index (χ3n) is 3.25. The molecule has 0 aromatic carbocycles. The summed E-state index contributed by atoms with van der Waals surface area (Å²) in [5.41, 5.74) is 1.43. The first-order chi connectivity index (χ1) is 7.31. The summed E-state index contributed by atoms with van der Waals surface area (Å²) in [4.78, 5) is 1.51. The number of aryl methyl sites for hydroxylation is 1. The normalized spacial score (nSPS) is 23.2. The van der Waals surface area contributed by atoms with Gasteiger partial charge in [-0.05, 0) is 56.8 Å². The van der Waals surface area contributed by atoms with E-state index >= 15 is 0 Å². The number of hydrogen-bond donors (Lipinski definition) is 2. The molecule has 2 N–H and O–H groups in total. The fraction of sp³-hybridized carbons (Fsp3) is 0.667. The lowest BCUT2D eigenvalue weighted by molar-refractivity contribution is 0.457. The van der Waals surface area contributed by atoms with Gasteiger partial charge in [-0.25, -0.2) is 0 Å². The van der Waals surface area contributed by atoms with Gasteiger partial charge in [0.25, 0.3) is 0 Å². The first kappa shape index (κ1) is 11.1. The summed E-state index contributed by atoms with van der Waals surface area (Å²) in [6.45, 7) is 3.41. The molecule has 0 bridgehead atoms. The maximum Gasteiger partial charge on any atom is 0.0429 e. The second-order valence-corrected chi connectivity index (χ2v) is 5.29. The van der Waals surface area contributed by atoms with Crippen molar-refractivity contribution < 1.29 is 0 Å². The summed E-state index contributed by atoms with van der Waals surface area (Å²) in [6, 6.07) is 3.46. The van der Waals surface area contributed by atoms with Crippen LogP contribution in [-0.2, 0) is 0 Å². The van der Waals surface area contributed by atoms with Crippen molar-refractivity contribution in [1.82, 2.24) is 10.6 Å². The molecule has 1 aliphatic heterocycles. The molecule has 2 rings (SSSR count). The van der Waals surface area contributed by atoms with Gasteiger partial charge in [0.1, 0.15) is 0 Å². The molecule has 0 radical (unpaired) electrons. The Labute approximate surface area is 96.1 Å². The van der Waals surface area contributed by atoms with E-state index in [0.717, 1.165) is 0 Å².